The Labute approximate surface area is 122 Å². The van der Waals surface area contributed by atoms with Gasteiger partial charge in [0.2, 0.25) is 0 Å². The molecule has 2 aromatic heterocycles. The van der Waals surface area contributed by atoms with Crippen molar-refractivity contribution in [3.05, 3.63) is 39.5 Å². The molecule has 2 aromatic rings. The predicted octanol–water partition coefficient (Wildman–Crippen LogP) is 1.90. The Kier molecular flexibility index (Phi) is 4.44. The van der Waals surface area contributed by atoms with E-state index in [1.165, 1.54) is 4.68 Å². The molecule has 0 aliphatic rings. The van der Waals surface area contributed by atoms with Gasteiger partial charge in [-0.2, -0.15) is 10.2 Å². The van der Waals surface area contributed by atoms with Gasteiger partial charge in [0.15, 0.2) is 0 Å². The van der Waals surface area contributed by atoms with E-state index in [4.69, 9.17) is 11.6 Å². The van der Waals surface area contributed by atoms with Crippen LogP contribution in [0.15, 0.2) is 23.4 Å². The Morgan fingerprint density at radius 2 is 2.10 bits per heavy atom. The molecule has 1 N–H and O–H groups in total. The van der Waals surface area contributed by atoms with Gasteiger partial charge >= 0.3 is 0 Å². The summed E-state index contributed by atoms with van der Waals surface area (Å²) in [6.07, 6.45) is 5.24. The van der Waals surface area contributed by atoms with E-state index >= 15 is 0 Å². The molecule has 0 fully saturated rings. The van der Waals surface area contributed by atoms with Crippen molar-refractivity contribution in [2.45, 2.75) is 26.9 Å². The maximum Gasteiger partial charge on any atom is 0.287 e. The molecule has 0 aliphatic heterocycles. The number of anilines is 1. The van der Waals surface area contributed by atoms with Crippen LogP contribution in [0, 0.1) is 5.92 Å². The smallest absolute Gasteiger partial charge is 0.287 e. The highest BCUT2D eigenvalue weighted by atomic mass is 35.5. The zero-order chi connectivity index (χ0) is 14.7. The lowest BCUT2D eigenvalue weighted by molar-refractivity contribution is 0.464. The van der Waals surface area contributed by atoms with Gasteiger partial charge in [0.1, 0.15) is 5.02 Å². The summed E-state index contributed by atoms with van der Waals surface area (Å²) in [5, 5.41) is 11.5. The SMILES string of the molecule is CC(C)Cn1ncc(NCc2cnn(C)c2)c(Cl)c1=O. The van der Waals surface area contributed by atoms with Gasteiger partial charge < -0.3 is 5.32 Å². The average molecular weight is 296 g/mol. The van der Waals surface area contributed by atoms with Crippen LogP contribution in [0.1, 0.15) is 19.4 Å². The van der Waals surface area contributed by atoms with E-state index in [0.29, 0.717) is 24.7 Å². The van der Waals surface area contributed by atoms with Crippen molar-refractivity contribution in [1.29, 1.82) is 0 Å². The van der Waals surface area contributed by atoms with Gasteiger partial charge in [-0.15, -0.1) is 0 Å². The average Bonchev–Trinajstić information content (AvgIpc) is 2.79. The second-order valence-electron chi connectivity index (χ2n) is 5.13. The quantitative estimate of drug-likeness (QED) is 0.915. The van der Waals surface area contributed by atoms with Crippen LogP contribution in [0.4, 0.5) is 5.69 Å². The molecule has 0 amide bonds. The van der Waals surface area contributed by atoms with Gasteiger partial charge in [-0.1, -0.05) is 25.4 Å². The summed E-state index contributed by atoms with van der Waals surface area (Å²) >= 11 is 6.10. The molecule has 0 saturated heterocycles. The van der Waals surface area contributed by atoms with E-state index in [-0.39, 0.29) is 10.6 Å². The molecule has 2 heterocycles. The van der Waals surface area contributed by atoms with Crippen LogP contribution in [0.3, 0.4) is 0 Å². The molecule has 2 rings (SSSR count). The van der Waals surface area contributed by atoms with Gasteiger partial charge in [-0.05, 0) is 5.92 Å². The van der Waals surface area contributed by atoms with Crippen molar-refractivity contribution in [2.24, 2.45) is 13.0 Å². The van der Waals surface area contributed by atoms with Crippen LogP contribution in [-0.4, -0.2) is 19.6 Å². The minimum atomic E-state index is -0.267. The Morgan fingerprint density at radius 3 is 2.70 bits per heavy atom. The molecule has 0 atom stereocenters. The minimum Gasteiger partial charge on any atom is -0.378 e. The number of aryl methyl sites for hydroxylation is 1. The van der Waals surface area contributed by atoms with E-state index in [1.807, 2.05) is 27.1 Å². The van der Waals surface area contributed by atoms with Crippen molar-refractivity contribution >= 4 is 17.3 Å². The zero-order valence-corrected chi connectivity index (χ0v) is 12.6. The fourth-order valence-corrected chi connectivity index (χ4v) is 2.04. The summed E-state index contributed by atoms with van der Waals surface area (Å²) < 4.78 is 3.11. The fourth-order valence-electron chi connectivity index (χ4n) is 1.82. The van der Waals surface area contributed by atoms with Gasteiger partial charge in [0.05, 0.1) is 18.1 Å². The van der Waals surface area contributed by atoms with Crippen molar-refractivity contribution in [3.63, 3.8) is 0 Å². The first-order valence-electron chi connectivity index (χ1n) is 6.44. The van der Waals surface area contributed by atoms with E-state index in [0.717, 1.165) is 5.56 Å². The van der Waals surface area contributed by atoms with E-state index in [9.17, 15) is 4.79 Å². The summed E-state index contributed by atoms with van der Waals surface area (Å²) in [6.45, 7) is 5.15. The topological polar surface area (TPSA) is 64.7 Å². The predicted molar refractivity (Wildman–Crippen MR) is 78.9 cm³/mol. The first-order chi connectivity index (χ1) is 9.47. The summed E-state index contributed by atoms with van der Waals surface area (Å²) in [5.41, 5.74) is 1.28. The van der Waals surface area contributed by atoms with Crippen LogP contribution in [0.25, 0.3) is 0 Å². The summed E-state index contributed by atoms with van der Waals surface area (Å²) in [7, 11) is 1.85. The van der Waals surface area contributed by atoms with Crippen LogP contribution < -0.4 is 10.9 Å². The molecule has 20 heavy (non-hydrogen) atoms. The standard InChI is InChI=1S/C13H18ClN5O/c1-9(2)7-19-13(20)12(14)11(6-17-19)15-4-10-5-16-18(3)8-10/h5-6,8-9,15H,4,7H2,1-3H3. The third-order valence-corrected chi connectivity index (χ3v) is 3.13. The molecule has 108 valence electrons. The number of hydrogen-bond acceptors (Lipinski definition) is 4. The number of aromatic nitrogens is 4. The third-order valence-electron chi connectivity index (χ3n) is 2.76. The van der Waals surface area contributed by atoms with Crippen LogP contribution in [0.2, 0.25) is 5.02 Å². The lowest BCUT2D eigenvalue weighted by atomic mass is 10.2. The van der Waals surface area contributed by atoms with Crippen molar-refractivity contribution in [3.8, 4) is 0 Å². The number of nitrogens with one attached hydrogen (secondary N) is 1. The highest BCUT2D eigenvalue weighted by molar-refractivity contribution is 6.32. The number of hydrogen-bond donors (Lipinski definition) is 1. The molecule has 0 unspecified atom stereocenters. The molecule has 0 aromatic carbocycles. The molecule has 7 heteroatoms. The molecular weight excluding hydrogens is 278 g/mol. The Morgan fingerprint density at radius 1 is 1.35 bits per heavy atom. The maximum atomic E-state index is 12.1. The number of rotatable bonds is 5. The summed E-state index contributed by atoms with van der Waals surface area (Å²) in [6, 6.07) is 0. The van der Waals surface area contributed by atoms with Gasteiger partial charge in [-0.3, -0.25) is 9.48 Å². The molecule has 0 aliphatic carbocycles. The van der Waals surface area contributed by atoms with Crippen molar-refractivity contribution < 1.29 is 0 Å². The molecule has 0 bridgehead atoms. The second-order valence-corrected chi connectivity index (χ2v) is 5.51. The molecule has 0 radical (unpaired) electrons. The zero-order valence-electron chi connectivity index (χ0n) is 11.8. The van der Waals surface area contributed by atoms with E-state index in [1.54, 1.807) is 17.1 Å². The Hall–Kier alpha value is -1.82. The van der Waals surface area contributed by atoms with Crippen molar-refractivity contribution in [2.75, 3.05) is 5.32 Å². The lowest BCUT2D eigenvalue weighted by Gasteiger charge is -2.11. The number of nitrogens with zero attached hydrogens (tertiary/aromatic N) is 4. The second kappa shape index (κ2) is 6.09. The monoisotopic (exact) mass is 295 g/mol. The van der Waals surface area contributed by atoms with E-state index < -0.39 is 0 Å². The molecular formula is C13H18ClN5O. The van der Waals surface area contributed by atoms with Gasteiger partial charge in [0.25, 0.3) is 5.56 Å². The van der Waals surface area contributed by atoms with Gasteiger partial charge in [-0.25, -0.2) is 4.68 Å². The lowest BCUT2D eigenvalue weighted by Crippen LogP contribution is -2.26. The highest BCUT2D eigenvalue weighted by Gasteiger charge is 2.10. The fraction of sp³-hybridized carbons (Fsp3) is 0.462. The molecule has 6 nitrogen and oxygen atoms in total. The summed E-state index contributed by atoms with van der Waals surface area (Å²) in [5.74, 6) is 0.338. The first kappa shape index (κ1) is 14.6. The largest absolute Gasteiger partial charge is 0.378 e. The van der Waals surface area contributed by atoms with Crippen LogP contribution in [0.5, 0.6) is 0 Å². The minimum absolute atomic E-state index is 0.171. The normalized spacial score (nSPS) is 11.1. The van der Waals surface area contributed by atoms with Crippen molar-refractivity contribution in [1.82, 2.24) is 19.6 Å². The van der Waals surface area contributed by atoms with Crippen LogP contribution in [-0.2, 0) is 20.1 Å². The highest BCUT2D eigenvalue weighted by Crippen LogP contribution is 2.16. The molecule has 0 spiro atoms. The summed E-state index contributed by atoms with van der Waals surface area (Å²) in [4.78, 5) is 12.1. The van der Waals surface area contributed by atoms with E-state index in [2.05, 4.69) is 15.5 Å². The third kappa shape index (κ3) is 3.39. The van der Waals surface area contributed by atoms with Crippen LogP contribution >= 0.6 is 11.6 Å². The maximum absolute atomic E-state index is 12.1. The number of halogens is 1. The Balaban J connectivity index is 2.13. The first-order valence-corrected chi connectivity index (χ1v) is 6.82. The van der Waals surface area contributed by atoms with Gasteiger partial charge in [0, 0.05) is 31.9 Å². The molecule has 0 saturated carbocycles. The Bertz CT molecular complexity index is 646.